The first-order chi connectivity index (χ1) is 16.6. The summed E-state index contributed by atoms with van der Waals surface area (Å²) in [5.74, 6) is -0.765. The van der Waals surface area contributed by atoms with Gasteiger partial charge in [-0.25, -0.2) is 0 Å². The lowest BCUT2D eigenvalue weighted by Crippen LogP contribution is -2.43. The number of hydrogen-bond donors (Lipinski definition) is 2. The van der Waals surface area contributed by atoms with Gasteiger partial charge in [0.25, 0.3) is 0 Å². The lowest BCUT2D eigenvalue weighted by molar-refractivity contribution is -0.136. The summed E-state index contributed by atoms with van der Waals surface area (Å²) in [6.07, 6.45) is 5.79. The van der Waals surface area contributed by atoms with E-state index in [1.54, 1.807) is 18.2 Å². The van der Waals surface area contributed by atoms with E-state index in [9.17, 15) is 9.59 Å². The Balaban J connectivity index is 1.46. The molecule has 0 radical (unpaired) electrons. The third-order valence-electron chi connectivity index (χ3n) is 6.77. The molecule has 2 heterocycles. The number of likely N-dealkylation sites (tertiary alicyclic amines) is 1. The van der Waals surface area contributed by atoms with Crippen molar-refractivity contribution in [3.8, 4) is 5.75 Å². The maximum absolute atomic E-state index is 12.7. The zero-order valence-electron chi connectivity index (χ0n) is 20.3. The highest BCUT2D eigenvalue weighted by Gasteiger charge is 2.26. The molecule has 4 rings (SSSR count). The molecular formula is C27H36N4O3. The Bertz CT molecular complexity index is 1000. The average molecular weight is 465 g/mol. The van der Waals surface area contributed by atoms with Gasteiger partial charge in [0.15, 0.2) is 0 Å². The van der Waals surface area contributed by atoms with Gasteiger partial charge in [-0.05, 0) is 75.0 Å². The summed E-state index contributed by atoms with van der Waals surface area (Å²) in [6, 6.07) is 13.9. The molecule has 7 nitrogen and oxygen atoms in total. The van der Waals surface area contributed by atoms with Crippen LogP contribution in [0.1, 0.15) is 49.8 Å². The molecule has 2 N–H and O–H groups in total. The summed E-state index contributed by atoms with van der Waals surface area (Å²) >= 11 is 0. The molecule has 2 amide bonds. The number of nitrogens with zero attached hydrogens (tertiary/aromatic N) is 2. The molecule has 2 aromatic carbocycles. The van der Waals surface area contributed by atoms with E-state index in [0.29, 0.717) is 24.6 Å². The lowest BCUT2D eigenvalue weighted by Gasteiger charge is -2.36. The molecule has 182 valence electrons. The van der Waals surface area contributed by atoms with Gasteiger partial charge in [0, 0.05) is 25.8 Å². The van der Waals surface area contributed by atoms with Gasteiger partial charge in [0.05, 0.1) is 18.3 Å². The van der Waals surface area contributed by atoms with Gasteiger partial charge in [0.1, 0.15) is 5.75 Å². The van der Waals surface area contributed by atoms with Gasteiger partial charge in [-0.2, -0.15) is 0 Å². The van der Waals surface area contributed by atoms with Crippen LogP contribution < -0.4 is 20.3 Å². The number of para-hydroxylation sites is 2. The predicted octanol–water partition coefficient (Wildman–Crippen LogP) is 3.75. The summed E-state index contributed by atoms with van der Waals surface area (Å²) in [7, 11) is 2.14. The standard InChI is InChI=1S/C27H36N4O3/c1-3-34-25-12-6-5-11-22(25)29-27(33)26(32)28-19-24(31-16-7-4-8-17-31)21-13-14-23-20(18-21)10-9-15-30(23)2/h5-6,11-14,18,24H,3-4,7-10,15-17,19H2,1-2H3,(H,28,32)(H,29,33)/t24-/m0/s1. The Kier molecular flexibility index (Phi) is 8.06. The molecule has 0 unspecified atom stereocenters. The smallest absolute Gasteiger partial charge is 0.313 e. The van der Waals surface area contributed by atoms with Gasteiger partial charge in [-0.3, -0.25) is 14.5 Å². The lowest BCUT2D eigenvalue weighted by atomic mass is 9.95. The van der Waals surface area contributed by atoms with Crippen molar-refractivity contribution in [3.05, 3.63) is 53.6 Å². The molecule has 0 bridgehead atoms. The Morgan fingerprint density at radius 2 is 1.79 bits per heavy atom. The number of amides is 2. The van der Waals surface area contributed by atoms with Crippen LogP contribution in [0.2, 0.25) is 0 Å². The molecule has 1 atom stereocenters. The number of nitrogens with one attached hydrogen (secondary N) is 2. The van der Waals surface area contributed by atoms with Crippen molar-refractivity contribution in [3.63, 3.8) is 0 Å². The van der Waals surface area contributed by atoms with Gasteiger partial charge >= 0.3 is 11.8 Å². The van der Waals surface area contributed by atoms with Crippen molar-refractivity contribution < 1.29 is 14.3 Å². The average Bonchev–Trinajstić information content (AvgIpc) is 2.86. The number of hydrogen-bond acceptors (Lipinski definition) is 5. The molecule has 2 aliphatic heterocycles. The van der Waals surface area contributed by atoms with Crippen molar-refractivity contribution in [2.75, 3.05) is 50.1 Å². The summed E-state index contributed by atoms with van der Waals surface area (Å²) in [5, 5.41) is 5.58. The zero-order valence-corrected chi connectivity index (χ0v) is 20.3. The molecule has 7 heteroatoms. The van der Waals surface area contributed by atoms with Gasteiger partial charge in [0.2, 0.25) is 0 Å². The van der Waals surface area contributed by atoms with Crippen LogP contribution in [0.5, 0.6) is 5.75 Å². The number of aryl methyl sites for hydroxylation is 1. The normalized spacial score (nSPS) is 16.9. The predicted molar refractivity (Wildman–Crippen MR) is 135 cm³/mol. The maximum atomic E-state index is 12.7. The minimum Gasteiger partial charge on any atom is -0.492 e. The van der Waals surface area contributed by atoms with E-state index < -0.39 is 11.8 Å². The Hall–Kier alpha value is -3.06. The van der Waals surface area contributed by atoms with Crippen molar-refractivity contribution in [2.45, 2.75) is 45.1 Å². The number of carbonyl (C=O) groups is 2. The van der Waals surface area contributed by atoms with Crippen molar-refractivity contribution >= 4 is 23.2 Å². The molecule has 0 aromatic heterocycles. The van der Waals surface area contributed by atoms with Crippen LogP contribution in [0.4, 0.5) is 11.4 Å². The Labute approximate surface area is 202 Å². The number of fused-ring (bicyclic) bond motifs is 1. The summed E-state index contributed by atoms with van der Waals surface area (Å²) in [4.78, 5) is 30.1. The highest BCUT2D eigenvalue weighted by molar-refractivity contribution is 6.39. The number of carbonyl (C=O) groups excluding carboxylic acids is 2. The molecule has 2 aliphatic rings. The van der Waals surface area contributed by atoms with E-state index in [2.05, 4.69) is 45.7 Å². The second-order valence-corrected chi connectivity index (χ2v) is 9.12. The fourth-order valence-corrected chi connectivity index (χ4v) is 5.00. The SMILES string of the molecule is CCOc1ccccc1NC(=O)C(=O)NC[C@@H](c1ccc2c(c1)CCCN2C)N1CCCCC1. The minimum absolute atomic E-state index is 0.0466. The fraction of sp³-hybridized carbons (Fsp3) is 0.481. The summed E-state index contributed by atoms with van der Waals surface area (Å²) < 4.78 is 5.55. The van der Waals surface area contributed by atoms with E-state index in [1.807, 2.05) is 13.0 Å². The molecule has 0 aliphatic carbocycles. The second kappa shape index (κ2) is 11.4. The maximum Gasteiger partial charge on any atom is 0.313 e. The van der Waals surface area contributed by atoms with Crippen molar-refractivity contribution in [2.24, 2.45) is 0 Å². The highest BCUT2D eigenvalue weighted by Crippen LogP contribution is 2.31. The van der Waals surface area contributed by atoms with Gasteiger partial charge < -0.3 is 20.3 Å². The van der Waals surface area contributed by atoms with Crippen LogP contribution >= 0.6 is 0 Å². The Morgan fingerprint density at radius 1 is 1.00 bits per heavy atom. The van der Waals surface area contributed by atoms with Crippen LogP contribution in [-0.4, -0.2) is 56.5 Å². The van der Waals surface area contributed by atoms with Crippen LogP contribution in [0, 0.1) is 0 Å². The van der Waals surface area contributed by atoms with Crippen LogP contribution in [-0.2, 0) is 16.0 Å². The number of anilines is 2. The Morgan fingerprint density at radius 3 is 2.59 bits per heavy atom. The molecule has 34 heavy (non-hydrogen) atoms. The minimum atomic E-state index is -0.684. The first-order valence-electron chi connectivity index (χ1n) is 12.5. The molecular weight excluding hydrogens is 428 g/mol. The summed E-state index contributed by atoms with van der Waals surface area (Å²) in [6.45, 7) is 5.85. The monoisotopic (exact) mass is 464 g/mol. The van der Waals surface area contributed by atoms with E-state index in [0.717, 1.165) is 45.3 Å². The number of ether oxygens (including phenoxy) is 1. The van der Waals surface area contributed by atoms with Crippen molar-refractivity contribution in [1.82, 2.24) is 10.2 Å². The van der Waals surface area contributed by atoms with E-state index in [1.165, 1.54) is 23.2 Å². The first kappa shape index (κ1) is 24.1. The van der Waals surface area contributed by atoms with E-state index >= 15 is 0 Å². The largest absolute Gasteiger partial charge is 0.492 e. The van der Waals surface area contributed by atoms with Gasteiger partial charge in [-0.1, -0.05) is 30.7 Å². The first-order valence-corrected chi connectivity index (χ1v) is 12.5. The quantitative estimate of drug-likeness (QED) is 0.611. The molecule has 0 saturated carbocycles. The van der Waals surface area contributed by atoms with E-state index in [4.69, 9.17) is 4.74 Å². The molecule has 1 saturated heterocycles. The number of piperidine rings is 1. The van der Waals surface area contributed by atoms with Crippen LogP contribution in [0.3, 0.4) is 0 Å². The van der Waals surface area contributed by atoms with Crippen molar-refractivity contribution in [1.29, 1.82) is 0 Å². The molecule has 0 spiro atoms. The van der Waals surface area contributed by atoms with Crippen LogP contribution in [0.25, 0.3) is 0 Å². The molecule has 2 aromatic rings. The molecule has 1 fully saturated rings. The number of rotatable bonds is 7. The number of benzene rings is 2. The van der Waals surface area contributed by atoms with Crippen LogP contribution in [0.15, 0.2) is 42.5 Å². The van der Waals surface area contributed by atoms with Gasteiger partial charge in [-0.15, -0.1) is 0 Å². The third-order valence-corrected chi connectivity index (χ3v) is 6.77. The summed E-state index contributed by atoms with van der Waals surface area (Å²) in [5.41, 5.74) is 4.36. The second-order valence-electron chi connectivity index (χ2n) is 9.12. The topological polar surface area (TPSA) is 73.9 Å². The highest BCUT2D eigenvalue weighted by atomic mass is 16.5. The zero-order chi connectivity index (χ0) is 23.9. The third kappa shape index (κ3) is 5.70. The fourth-order valence-electron chi connectivity index (χ4n) is 5.00. The van der Waals surface area contributed by atoms with E-state index in [-0.39, 0.29) is 6.04 Å².